The SMILES string of the molecule is CN1CCCC(N(C)c2ccc(Cl)cc2CN)C1. The summed E-state index contributed by atoms with van der Waals surface area (Å²) in [4.78, 5) is 4.75. The second-order valence-electron chi connectivity index (χ2n) is 5.15. The van der Waals surface area contributed by atoms with Gasteiger partial charge in [-0.2, -0.15) is 0 Å². The Balaban J connectivity index is 2.19. The molecule has 0 saturated carbocycles. The van der Waals surface area contributed by atoms with E-state index in [9.17, 15) is 0 Å². The summed E-state index contributed by atoms with van der Waals surface area (Å²) in [6.45, 7) is 2.85. The predicted octanol–water partition coefficient (Wildman–Crippen LogP) is 2.33. The number of benzene rings is 1. The van der Waals surface area contributed by atoms with Gasteiger partial charge in [-0.15, -0.1) is 0 Å². The average molecular weight is 268 g/mol. The van der Waals surface area contributed by atoms with Crippen molar-refractivity contribution in [3.8, 4) is 0 Å². The second kappa shape index (κ2) is 5.91. The van der Waals surface area contributed by atoms with E-state index in [2.05, 4.69) is 30.0 Å². The van der Waals surface area contributed by atoms with Crippen LogP contribution in [-0.2, 0) is 6.54 Å². The number of hydrogen-bond donors (Lipinski definition) is 1. The standard InChI is InChI=1S/C14H22ClN3/c1-17-7-3-4-13(10-17)18(2)14-6-5-12(15)8-11(14)9-16/h5-6,8,13H,3-4,7,9-10,16H2,1-2H3. The molecule has 1 aliphatic rings. The van der Waals surface area contributed by atoms with Gasteiger partial charge in [0.1, 0.15) is 0 Å². The Morgan fingerprint density at radius 1 is 1.50 bits per heavy atom. The molecule has 0 radical (unpaired) electrons. The summed E-state index contributed by atoms with van der Waals surface area (Å²) in [6, 6.07) is 6.56. The number of nitrogens with zero attached hydrogens (tertiary/aromatic N) is 2. The smallest absolute Gasteiger partial charge is 0.0414 e. The highest BCUT2D eigenvalue weighted by molar-refractivity contribution is 6.30. The lowest BCUT2D eigenvalue weighted by Gasteiger charge is -2.38. The third-order valence-corrected chi connectivity index (χ3v) is 4.02. The largest absolute Gasteiger partial charge is 0.370 e. The highest BCUT2D eigenvalue weighted by atomic mass is 35.5. The number of piperidine rings is 1. The zero-order valence-corrected chi connectivity index (χ0v) is 12.0. The minimum atomic E-state index is 0.531. The molecule has 2 N–H and O–H groups in total. The molecule has 0 amide bonds. The van der Waals surface area contributed by atoms with Crippen LogP contribution >= 0.6 is 11.6 Å². The van der Waals surface area contributed by atoms with Gasteiger partial charge in [0.15, 0.2) is 0 Å². The summed E-state index contributed by atoms with van der Waals surface area (Å²) in [5.41, 5.74) is 8.15. The van der Waals surface area contributed by atoms with Crippen molar-refractivity contribution in [3.63, 3.8) is 0 Å². The molecule has 1 unspecified atom stereocenters. The topological polar surface area (TPSA) is 32.5 Å². The monoisotopic (exact) mass is 267 g/mol. The Morgan fingerprint density at radius 3 is 2.94 bits per heavy atom. The third kappa shape index (κ3) is 2.97. The van der Waals surface area contributed by atoms with Gasteiger partial charge in [0.25, 0.3) is 0 Å². The van der Waals surface area contributed by atoms with Crippen molar-refractivity contribution in [1.82, 2.24) is 4.90 Å². The maximum Gasteiger partial charge on any atom is 0.0414 e. The van der Waals surface area contributed by atoms with Crippen LogP contribution in [0.5, 0.6) is 0 Å². The lowest BCUT2D eigenvalue weighted by Crippen LogP contribution is -2.45. The Hall–Kier alpha value is -0.770. The van der Waals surface area contributed by atoms with Crippen LogP contribution in [-0.4, -0.2) is 38.1 Å². The van der Waals surface area contributed by atoms with E-state index in [1.807, 2.05) is 12.1 Å². The lowest BCUT2D eigenvalue weighted by molar-refractivity contribution is 0.248. The molecular weight excluding hydrogens is 246 g/mol. The van der Waals surface area contributed by atoms with Crippen molar-refractivity contribution in [2.24, 2.45) is 5.73 Å². The van der Waals surface area contributed by atoms with Gasteiger partial charge in [-0.1, -0.05) is 11.6 Å². The van der Waals surface area contributed by atoms with Crippen molar-refractivity contribution >= 4 is 17.3 Å². The molecule has 3 nitrogen and oxygen atoms in total. The van der Waals surface area contributed by atoms with Gasteiger partial charge in [-0.3, -0.25) is 0 Å². The molecule has 1 fully saturated rings. The normalized spacial score (nSPS) is 21.0. The van der Waals surface area contributed by atoms with Crippen LogP contribution in [0.1, 0.15) is 18.4 Å². The van der Waals surface area contributed by atoms with E-state index >= 15 is 0 Å². The Labute approximate surface area is 115 Å². The molecule has 1 heterocycles. The maximum atomic E-state index is 6.03. The van der Waals surface area contributed by atoms with Crippen molar-refractivity contribution in [3.05, 3.63) is 28.8 Å². The van der Waals surface area contributed by atoms with E-state index < -0.39 is 0 Å². The number of halogens is 1. The van der Waals surface area contributed by atoms with Gasteiger partial charge in [-0.25, -0.2) is 0 Å². The second-order valence-corrected chi connectivity index (χ2v) is 5.58. The van der Waals surface area contributed by atoms with E-state index in [1.54, 1.807) is 0 Å². The number of hydrogen-bond acceptors (Lipinski definition) is 3. The molecule has 0 bridgehead atoms. The summed E-state index contributed by atoms with van der Waals surface area (Å²) in [5, 5.41) is 0.758. The fourth-order valence-corrected chi connectivity index (χ4v) is 2.91. The van der Waals surface area contributed by atoms with Gasteiger partial charge in [0, 0.05) is 36.9 Å². The van der Waals surface area contributed by atoms with Crippen LogP contribution in [0.4, 0.5) is 5.69 Å². The highest BCUT2D eigenvalue weighted by Crippen LogP contribution is 2.27. The number of likely N-dealkylation sites (N-methyl/N-ethyl adjacent to an activating group) is 2. The first-order valence-electron chi connectivity index (χ1n) is 6.51. The average Bonchev–Trinajstić information content (AvgIpc) is 2.37. The lowest BCUT2D eigenvalue weighted by atomic mass is 10.0. The minimum absolute atomic E-state index is 0.531. The molecule has 1 aliphatic heterocycles. The van der Waals surface area contributed by atoms with Crippen molar-refractivity contribution < 1.29 is 0 Å². The molecule has 4 heteroatoms. The molecule has 0 aromatic heterocycles. The first kappa shape index (κ1) is 13.7. The summed E-state index contributed by atoms with van der Waals surface area (Å²) in [7, 11) is 4.35. The molecule has 1 aromatic rings. The molecule has 2 rings (SSSR count). The fraction of sp³-hybridized carbons (Fsp3) is 0.571. The molecule has 100 valence electrons. The Bertz CT molecular complexity index is 408. The zero-order valence-electron chi connectivity index (χ0n) is 11.2. The molecular formula is C14H22ClN3. The zero-order chi connectivity index (χ0) is 13.1. The minimum Gasteiger partial charge on any atom is -0.370 e. The molecule has 1 aromatic carbocycles. The summed E-state index contributed by atoms with van der Waals surface area (Å²) in [6.07, 6.45) is 2.50. The molecule has 0 aliphatic carbocycles. The quantitative estimate of drug-likeness (QED) is 0.912. The van der Waals surface area contributed by atoms with Crippen LogP contribution in [0.3, 0.4) is 0 Å². The van der Waals surface area contributed by atoms with Crippen molar-refractivity contribution in [2.45, 2.75) is 25.4 Å². The first-order chi connectivity index (χ1) is 8.61. The maximum absolute atomic E-state index is 6.03. The van der Waals surface area contributed by atoms with Crippen LogP contribution in [0.25, 0.3) is 0 Å². The van der Waals surface area contributed by atoms with E-state index in [1.165, 1.54) is 25.1 Å². The predicted molar refractivity (Wildman–Crippen MR) is 78.3 cm³/mol. The Morgan fingerprint density at radius 2 is 2.28 bits per heavy atom. The summed E-state index contributed by atoms with van der Waals surface area (Å²) < 4.78 is 0. The van der Waals surface area contributed by atoms with Crippen molar-refractivity contribution in [2.75, 3.05) is 32.1 Å². The molecule has 1 saturated heterocycles. The van der Waals surface area contributed by atoms with Crippen LogP contribution < -0.4 is 10.6 Å². The fourth-order valence-electron chi connectivity index (χ4n) is 2.71. The van der Waals surface area contributed by atoms with Crippen LogP contribution in [0.15, 0.2) is 18.2 Å². The molecule has 0 spiro atoms. The van der Waals surface area contributed by atoms with Crippen molar-refractivity contribution in [1.29, 1.82) is 0 Å². The third-order valence-electron chi connectivity index (χ3n) is 3.79. The van der Waals surface area contributed by atoms with Gasteiger partial charge in [0.05, 0.1) is 0 Å². The molecule has 18 heavy (non-hydrogen) atoms. The van der Waals surface area contributed by atoms with E-state index in [-0.39, 0.29) is 0 Å². The highest BCUT2D eigenvalue weighted by Gasteiger charge is 2.22. The van der Waals surface area contributed by atoms with Crippen LogP contribution in [0, 0.1) is 0 Å². The summed E-state index contributed by atoms with van der Waals surface area (Å²) in [5.74, 6) is 0. The number of rotatable bonds is 3. The van der Waals surface area contributed by atoms with Gasteiger partial charge >= 0.3 is 0 Å². The van der Waals surface area contributed by atoms with Crippen LogP contribution in [0.2, 0.25) is 5.02 Å². The number of likely N-dealkylation sites (tertiary alicyclic amines) is 1. The van der Waals surface area contributed by atoms with Gasteiger partial charge < -0.3 is 15.5 Å². The number of nitrogens with two attached hydrogens (primary N) is 1. The first-order valence-corrected chi connectivity index (χ1v) is 6.89. The number of anilines is 1. The Kier molecular flexibility index (Phi) is 4.49. The van der Waals surface area contributed by atoms with E-state index in [4.69, 9.17) is 17.3 Å². The molecule has 1 atom stereocenters. The van der Waals surface area contributed by atoms with E-state index in [0.717, 1.165) is 17.1 Å². The summed E-state index contributed by atoms with van der Waals surface area (Å²) >= 11 is 6.03. The van der Waals surface area contributed by atoms with Gasteiger partial charge in [0.2, 0.25) is 0 Å². The van der Waals surface area contributed by atoms with E-state index in [0.29, 0.717) is 12.6 Å². The van der Waals surface area contributed by atoms with Gasteiger partial charge in [-0.05, 0) is 50.2 Å².